The summed E-state index contributed by atoms with van der Waals surface area (Å²) in [6.45, 7) is 9.15. The summed E-state index contributed by atoms with van der Waals surface area (Å²) in [5.74, 6) is 0.161. The van der Waals surface area contributed by atoms with Crippen LogP contribution in [-0.4, -0.2) is 55.7 Å². The van der Waals surface area contributed by atoms with Crippen LogP contribution in [0.2, 0.25) is 0 Å². The molecule has 5 nitrogen and oxygen atoms in total. The van der Waals surface area contributed by atoms with E-state index in [1.54, 1.807) is 0 Å². The summed E-state index contributed by atoms with van der Waals surface area (Å²) in [5.41, 5.74) is 6.00. The number of morpholine rings is 1. The second-order valence-electron chi connectivity index (χ2n) is 7.63. The van der Waals surface area contributed by atoms with E-state index in [0.29, 0.717) is 19.5 Å². The minimum Gasteiger partial charge on any atom is -0.379 e. The third-order valence-electron chi connectivity index (χ3n) is 5.47. The molecule has 0 spiro atoms. The number of hydrogen-bond acceptors (Lipinski definition) is 4. The maximum atomic E-state index is 12.4. The van der Waals surface area contributed by atoms with Crippen LogP contribution in [0.4, 0.5) is 0 Å². The fourth-order valence-electron chi connectivity index (χ4n) is 3.75. The lowest BCUT2D eigenvalue weighted by molar-refractivity contribution is -0.124. The first-order valence-electron chi connectivity index (χ1n) is 8.77. The highest BCUT2D eigenvalue weighted by atomic mass is 16.5. The molecule has 2 aliphatic rings. The van der Waals surface area contributed by atoms with Crippen LogP contribution in [0.3, 0.4) is 0 Å². The van der Waals surface area contributed by atoms with Gasteiger partial charge in [0.2, 0.25) is 5.91 Å². The highest BCUT2D eigenvalue weighted by Gasteiger charge is 2.34. The second-order valence-corrected chi connectivity index (χ2v) is 7.63. The molecular weight excluding hydrogens is 278 g/mol. The molecule has 5 heteroatoms. The first kappa shape index (κ1) is 17.7. The molecule has 0 aromatic rings. The smallest absolute Gasteiger partial charge is 0.220 e. The molecule has 1 saturated heterocycles. The highest BCUT2D eigenvalue weighted by molar-refractivity contribution is 5.76. The number of nitrogens with zero attached hydrogens (tertiary/aromatic N) is 1. The number of rotatable bonds is 6. The fourth-order valence-corrected chi connectivity index (χ4v) is 3.75. The van der Waals surface area contributed by atoms with Crippen LogP contribution in [0.5, 0.6) is 0 Å². The van der Waals surface area contributed by atoms with Gasteiger partial charge in [0.05, 0.1) is 13.2 Å². The standard InChI is InChI=1S/C17H33N3O2/c1-16(2,20-8-10-22-11-9-20)14-19-15(21)12-17(13-18)6-4-3-5-7-17/h3-14,18H2,1-2H3,(H,19,21). The Kier molecular flexibility index (Phi) is 6.24. The second kappa shape index (κ2) is 7.75. The van der Waals surface area contributed by atoms with E-state index in [1.165, 1.54) is 19.3 Å². The van der Waals surface area contributed by atoms with Gasteiger partial charge in [-0.25, -0.2) is 0 Å². The van der Waals surface area contributed by atoms with Gasteiger partial charge in [0.1, 0.15) is 0 Å². The lowest BCUT2D eigenvalue weighted by atomic mass is 9.71. The van der Waals surface area contributed by atoms with Crippen molar-refractivity contribution >= 4 is 5.91 Å². The number of amides is 1. The van der Waals surface area contributed by atoms with Crippen LogP contribution in [0.1, 0.15) is 52.4 Å². The Morgan fingerprint density at radius 1 is 1.23 bits per heavy atom. The summed E-state index contributed by atoms with van der Waals surface area (Å²) in [7, 11) is 0. The van der Waals surface area contributed by atoms with Crippen molar-refractivity contribution in [1.82, 2.24) is 10.2 Å². The summed E-state index contributed by atoms with van der Waals surface area (Å²) in [6.07, 6.45) is 6.50. The Hall–Kier alpha value is -0.650. The van der Waals surface area contributed by atoms with Gasteiger partial charge in [-0.15, -0.1) is 0 Å². The molecule has 2 fully saturated rings. The van der Waals surface area contributed by atoms with Crippen molar-refractivity contribution in [3.8, 4) is 0 Å². The van der Waals surface area contributed by atoms with Crippen molar-refractivity contribution in [2.24, 2.45) is 11.1 Å². The number of ether oxygens (including phenoxy) is 1. The summed E-state index contributed by atoms with van der Waals surface area (Å²) >= 11 is 0. The van der Waals surface area contributed by atoms with Crippen molar-refractivity contribution in [1.29, 1.82) is 0 Å². The van der Waals surface area contributed by atoms with E-state index in [9.17, 15) is 4.79 Å². The summed E-state index contributed by atoms with van der Waals surface area (Å²) < 4.78 is 5.41. The molecule has 0 unspecified atom stereocenters. The SMILES string of the molecule is CC(C)(CNC(=O)CC1(CN)CCCCC1)N1CCOCC1. The summed E-state index contributed by atoms with van der Waals surface area (Å²) in [5, 5.41) is 3.15. The van der Waals surface area contributed by atoms with E-state index in [1.807, 2.05) is 0 Å². The lowest BCUT2D eigenvalue weighted by Crippen LogP contribution is -2.55. The number of carbonyl (C=O) groups is 1. The van der Waals surface area contributed by atoms with E-state index in [0.717, 1.165) is 39.1 Å². The van der Waals surface area contributed by atoms with Gasteiger partial charge in [-0.3, -0.25) is 9.69 Å². The Morgan fingerprint density at radius 2 is 1.86 bits per heavy atom. The molecule has 128 valence electrons. The van der Waals surface area contributed by atoms with Crippen molar-refractivity contribution in [3.63, 3.8) is 0 Å². The molecule has 3 N–H and O–H groups in total. The molecule has 0 aromatic carbocycles. The molecule has 0 bridgehead atoms. The van der Waals surface area contributed by atoms with E-state index in [2.05, 4.69) is 24.1 Å². The molecule has 0 radical (unpaired) electrons. The lowest BCUT2D eigenvalue weighted by Gasteiger charge is -2.41. The maximum Gasteiger partial charge on any atom is 0.220 e. The first-order chi connectivity index (χ1) is 10.5. The van der Waals surface area contributed by atoms with Crippen molar-refractivity contribution < 1.29 is 9.53 Å². The van der Waals surface area contributed by atoms with E-state index >= 15 is 0 Å². The quantitative estimate of drug-likeness (QED) is 0.780. The van der Waals surface area contributed by atoms with Crippen LogP contribution in [0, 0.1) is 5.41 Å². The van der Waals surface area contributed by atoms with E-state index in [4.69, 9.17) is 10.5 Å². The van der Waals surface area contributed by atoms with Crippen LogP contribution < -0.4 is 11.1 Å². The molecule has 1 heterocycles. The third-order valence-corrected chi connectivity index (χ3v) is 5.47. The fraction of sp³-hybridized carbons (Fsp3) is 0.941. The normalized spacial score (nSPS) is 23.2. The van der Waals surface area contributed by atoms with Crippen LogP contribution in [-0.2, 0) is 9.53 Å². The minimum absolute atomic E-state index is 0.0259. The van der Waals surface area contributed by atoms with Crippen molar-refractivity contribution in [2.75, 3.05) is 39.4 Å². The molecule has 0 atom stereocenters. The summed E-state index contributed by atoms with van der Waals surface area (Å²) in [4.78, 5) is 14.8. The largest absolute Gasteiger partial charge is 0.379 e. The Morgan fingerprint density at radius 3 is 2.45 bits per heavy atom. The van der Waals surface area contributed by atoms with E-state index < -0.39 is 0 Å². The number of carbonyl (C=O) groups excluding carboxylic acids is 1. The maximum absolute atomic E-state index is 12.4. The monoisotopic (exact) mass is 311 g/mol. The molecule has 1 aliphatic carbocycles. The Bertz CT molecular complexity index is 359. The first-order valence-corrected chi connectivity index (χ1v) is 8.77. The van der Waals surface area contributed by atoms with Crippen LogP contribution in [0.25, 0.3) is 0 Å². The molecular formula is C17H33N3O2. The molecule has 1 amide bonds. The van der Waals surface area contributed by atoms with Gasteiger partial charge >= 0.3 is 0 Å². The third kappa shape index (κ3) is 4.67. The molecule has 22 heavy (non-hydrogen) atoms. The van der Waals surface area contributed by atoms with Crippen LogP contribution in [0.15, 0.2) is 0 Å². The number of nitrogens with two attached hydrogens (primary N) is 1. The minimum atomic E-state index is -0.0259. The number of hydrogen-bond donors (Lipinski definition) is 2. The van der Waals surface area contributed by atoms with Crippen molar-refractivity contribution in [2.45, 2.75) is 57.9 Å². The topological polar surface area (TPSA) is 67.6 Å². The van der Waals surface area contributed by atoms with Gasteiger partial charge in [-0.1, -0.05) is 19.3 Å². The van der Waals surface area contributed by atoms with E-state index in [-0.39, 0.29) is 16.9 Å². The Labute approximate surface area is 134 Å². The van der Waals surface area contributed by atoms with Gasteiger partial charge in [0, 0.05) is 31.6 Å². The average Bonchev–Trinajstić information content (AvgIpc) is 2.55. The zero-order valence-electron chi connectivity index (χ0n) is 14.3. The van der Waals surface area contributed by atoms with Gasteiger partial charge in [0.25, 0.3) is 0 Å². The Balaban J connectivity index is 1.80. The van der Waals surface area contributed by atoms with Gasteiger partial charge < -0.3 is 15.8 Å². The van der Waals surface area contributed by atoms with Crippen LogP contribution >= 0.6 is 0 Å². The highest BCUT2D eigenvalue weighted by Crippen LogP contribution is 2.38. The zero-order chi connectivity index (χ0) is 16.1. The molecule has 0 aromatic heterocycles. The predicted octanol–water partition coefficient (Wildman–Crippen LogP) is 1.51. The zero-order valence-corrected chi connectivity index (χ0v) is 14.3. The summed E-state index contributed by atoms with van der Waals surface area (Å²) in [6, 6.07) is 0. The van der Waals surface area contributed by atoms with Crippen molar-refractivity contribution in [3.05, 3.63) is 0 Å². The molecule has 1 saturated carbocycles. The van der Waals surface area contributed by atoms with Gasteiger partial charge in [-0.2, -0.15) is 0 Å². The van der Waals surface area contributed by atoms with Gasteiger partial charge in [0.15, 0.2) is 0 Å². The predicted molar refractivity (Wildman–Crippen MR) is 88.7 cm³/mol. The number of nitrogens with one attached hydrogen (secondary N) is 1. The average molecular weight is 311 g/mol. The molecule has 1 aliphatic heterocycles. The van der Waals surface area contributed by atoms with Gasteiger partial charge in [-0.05, 0) is 38.6 Å². The molecule has 2 rings (SSSR count).